The van der Waals surface area contributed by atoms with Crippen LogP contribution >= 0.6 is 0 Å². The number of halogens is 6. The van der Waals surface area contributed by atoms with Gasteiger partial charge in [0.05, 0.1) is 23.1 Å². The Balaban J connectivity index is 1.78. The van der Waals surface area contributed by atoms with E-state index in [2.05, 4.69) is 28.6 Å². The van der Waals surface area contributed by atoms with Crippen LogP contribution in [0.5, 0.6) is 0 Å². The average Bonchev–Trinajstić information content (AvgIpc) is 3.36. The first-order chi connectivity index (χ1) is 20.7. The van der Waals surface area contributed by atoms with Crippen LogP contribution in [0.1, 0.15) is 53.7 Å². The number of amides is 2. The first-order valence-corrected chi connectivity index (χ1v) is 14.6. The molecule has 0 radical (unpaired) electrons. The highest BCUT2D eigenvalue weighted by molar-refractivity contribution is 5.96. The predicted octanol–water partition coefficient (Wildman–Crippen LogP) is 5.55. The van der Waals surface area contributed by atoms with E-state index in [4.69, 9.17) is 5.73 Å². The molecule has 1 aromatic heterocycles. The number of carbonyl (C=O) groups excluding carboxylic acids is 2. The van der Waals surface area contributed by atoms with Crippen molar-refractivity contribution in [1.82, 2.24) is 19.7 Å². The number of nitrogens with one attached hydrogen (secondary N) is 1. The van der Waals surface area contributed by atoms with Crippen LogP contribution in [0, 0.1) is 0 Å². The summed E-state index contributed by atoms with van der Waals surface area (Å²) < 4.78 is 82.1. The van der Waals surface area contributed by atoms with Crippen molar-refractivity contribution in [2.24, 2.45) is 5.73 Å². The molecule has 1 fully saturated rings. The van der Waals surface area contributed by atoms with Crippen molar-refractivity contribution in [2.45, 2.75) is 51.0 Å². The number of H-pyrrole nitrogens is 1. The normalized spacial score (nSPS) is 18.3. The number of nitrogens with two attached hydrogens (primary N) is 1. The molecular weight excluding hydrogens is 588 g/mol. The fourth-order valence-corrected chi connectivity index (χ4v) is 6.18. The molecule has 7 nitrogen and oxygen atoms in total. The lowest BCUT2D eigenvalue weighted by atomic mass is 9.82. The van der Waals surface area contributed by atoms with Crippen molar-refractivity contribution >= 4 is 22.7 Å². The minimum Gasteiger partial charge on any atom is -0.370 e. The van der Waals surface area contributed by atoms with Gasteiger partial charge in [0.2, 0.25) is 5.91 Å². The van der Waals surface area contributed by atoms with Crippen LogP contribution in [0.2, 0.25) is 0 Å². The van der Waals surface area contributed by atoms with E-state index in [-0.39, 0.29) is 32.0 Å². The van der Waals surface area contributed by atoms with Crippen LogP contribution in [-0.4, -0.2) is 82.9 Å². The van der Waals surface area contributed by atoms with Crippen LogP contribution in [-0.2, 0) is 23.6 Å². The zero-order valence-electron chi connectivity index (χ0n) is 24.7. The molecule has 1 saturated heterocycles. The molecule has 44 heavy (non-hydrogen) atoms. The molecule has 2 heterocycles. The van der Waals surface area contributed by atoms with Gasteiger partial charge in [0.25, 0.3) is 5.91 Å². The summed E-state index contributed by atoms with van der Waals surface area (Å²) in [6.45, 7) is 7.78. The summed E-state index contributed by atoms with van der Waals surface area (Å²) >= 11 is 0. The van der Waals surface area contributed by atoms with E-state index >= 15 is 0 Å². The van der Waals surface area contributed by atoms with Crippen molar-refractivity contribution in [1.29, 1.82) is 0 Å². The maximum atomic E-state index is 14.0. The molecule has 2 amide bonds. The number of fused-ring (bicyclic) bond motifs is 1. The number of alkyl halides is 6. The van der Waals surface area contributed by atoms with Crippen LogP contribution in [0.25, 0.3) is 10.9 Å². The standard InChI is InChI=1S/C31H37F6N5O2/c1-3-40(4-2)10-7-11-41-12-13-42(28(44)21-14-23(30(32,33)34)16-24(15-21)31(35,36)37)29(20-41,18-27(38)43)17-22-19-39-26-9-6-5-8-25(22)26/h5-6,8-9,14-16,19,39H,3-4,7,10-13,17-18,20H2,1-2H3,(H2,38,43)/t29-/m1/s1. The SMILES string of the molecule is CCN(CC)CCCN1CCN(C(=O)c2cc(C(F)(F)F)cc(C(F)(F)F)c2)[C@@](CC(N)=O)(Cc2c[nH]c3ccccc23)C1. The van der Waals surface area contributed by atoms with Crippen LogP contribution in [0.15, 0.2) is 48.7 Å². The summed E-state index contributed by atoms with van der Waals surface area (Å²) in [5.41, 5.74) is 2.01. The summed E-state index contributed by atoms with van der Waals surface area (Å²) in [5.74, 6) is -1.77. The van der Waals surface area contributed by atoms with Gasteiger partial charge in [-0.05, 0) is 68.8 Å². The highest BCUT2D eigenvalue weighted by atomic mass is 19.4. The molecule has 240 valence electrons. The molecule has 1 atom stereocenters. The van der Waals surface area contributed by atoms with Gasteiger partial charge < -0.3 is 20.5 Å². The van der Waals surface area contributed by atoms with Crippen molar-refractivity contribution in [3.8, 4) is 0 Å². The van der Waals surface area contributed by atoms with Crippen molar-refractivity contribution < 1.29 is 35.9 Å². The molecule has 2 aromatic carbocycles. The maximum Gasteiger partial charge on any atom is 0.416 e. The van der Waals surface area contributed by atoms with Gasteiger partial charge in [-0.15, -0.1) is 0 Å². The molecular formula is C31H37F6N5O2. The number of para-hydroxylation sites is 1. The number of aromatic nitrogens is 1. The zero-order chi connectivity index (χ0) is 32.3. The third-order valence-corrected chi connectivity index (χ3v) is 8.35. The monoisotopic (exact) mass is 625 g/mol. The smallest absolute Gasteiger partial charge is 0.370 e. The van der Waals surface area contributed by atoms with Crippen molar-refractivity contribution in [2.75, 3.05) is 45.8 Å². The molecule has 4 rings (SSSR count). The Bertz CT molecular complexity index is 1430. The molecule has 3 N–H and O–H groups in total. The topological polar surface area (TPSA) is 85.7 Å². The summed E-state index contributed by atoms with van der Waals surface area (Å²) in [4.78, 5) is 35.4. The summed E-state index contributed by atoms with van der Waals surface area (Å²) in [5, 5.41) is 0.820. The summed E-state index contributed by atoms with van der Waals surface area (Å²) in [6.07, 6.45) is -7.94. The third kappa shape index (κ3) is 7.55. The van der Waals surface area contributed by atoms with E-state index in [1.165, 1.54) is 4.90 Å². The van der Waals surface area contributed by atoms with E-state index < -0.39 is 46.4 Å². The second-order valence-corrected chi connectivity index (χ2v) is 11.3. The van der Waals surface area contributed by atoms with Gasteiger partial charge in [0, 0.05) is 42.3 Å². The van der Waals surface area contributed by atoms with Gasteiger partial charge in [0.15, 0.2) is 0 Å². The van der Waals surface area contributed by atoms with E-state index in [0.29, 0.717) is 25.2 Å². The minimum absolute atomic E-state index is 0.00674. The van der Waals surface area contributed by atoms with E-state index in [1.54, 1.807) is 6.20 Å². The second-order valence-electron chi connectivity index (χ2n) is 11.3. The third-order valence-electron chi connectivity index (χ3n) is 8.35. The van der Waals surface area contributed by atoms with Crippen LogP contribution in [0.3, 0.4) is 0 Å². The Labute approximate surface area is 252 Å². The lowest BCUT2D eigenvalue weighted by Crippen LogP contribution is -2.66. The number of rotatable bonds is 11. The van der Waals surface area contributed by atoms with Gasteiger partial charge in [-0.25, -0.2) is 0 Å². The van der Waals surface area contributed by atoms with Gasteiger partial charge in [-0.3, -0.25) is 14.5 Å². The highest BCUT2D eigenvalue weighted by Crippen LogP contribution is 2.38. The number of benzene rings is 2. The van der Waals surface area contributed by atoms with Crippen LogP contribution < -0.4 is 5.73 Å². The Hall–Kier alpha value is -3.58. The molecule has 0 spiro atoms. The number of aromatic amines is 1. The number of carbonyl (C=O) groups is 2. The maximum absolute atomic E-state index is 14.0. The number of hydrogen-bond donors (Lipinski definition) is 2. The molecule has 1 aliphatic heterocycles. The molecule has 0 aliphatic carbocycles. The molecule has 0 saturated carbocycles. The van der Waals surface area contributed by atoms with E-state index in [0.717, 1.165) is 42.5 Å². The fourth-order valence-electron chi connectivity index (χ4n) is 6.18. The first-order valence-electron chi connectivity index (χ1n) is 14.6. The fraction of sp³-hybridized carbons (Fsp3) is 0.484. The number of hydrogen-bond acceptors (Lipinski definition) is 4. The van der Waals surface area contributed by atoms with Gasteiger partial charge >= 0.3 is 12.4 Å². The molecule has 13 heteroatoms. The average molecular weight is 626 g/mol. The number of nitrogens with zero attached hydrogens (tertiary/aromatic N) is 3. The zero-order valence-corrected chi connectivity index (χ0v) is 24.7. The Morgan fingerprint density at radius 3 is 2.20 bits per heavy atom. The van der Waals surface area contributed by atoms with Crippen molar-refractivity contribution in [3.63, 3.8) is 0 Å². The Kier molecular flexibility index (Phi) is 9.99. The molecule has 0 bridgehead atoms. The quantitative estimate of drug-likeness (QED) is 0.274. The van der Waals surface area contributed by atoms with Gasteiger partial charge in [-0.2, -0.15) is 26.3 Å². The Morgan fingerprint density at radius 1 is 0.977 bits per heavy atom. The number of piperazine rings is 1. The van der Waals surface area contributed by atoms with Gasteiger partial charge in [-0.1, -0.05) is 32.0 Å². The number of primary amides is 1. The minimum atomic E-state index is -5.12. The largest absolute Gasteiger partial charge is 0.416 e. The van der Waals surface area contributed by atoms with Crippen molar-refractivity contribution in [3.05, 3.63) is 70.9 Å². The molecule has 3 aromatic rings. The molecule has 0 unspecified atom stereocenters. The van der Waals surface area contributed by atoms with Crippen LogP contribution in [0.4, 0.5) is 26.3 Å². The lowest BCUT2D eigenvalue weighted by molar-refractivity contribution is -0.143. The Morgan fingerprint density at radius 2 is 1.61 bits per heavy atom. The highest BCUT2D eigenvalue weighted by Gasteiger charge is 2.47. The van der Waals surface area contributed by atoms with E-state index in [9.17, 15) is 35.9 Å². The summed E-state index contributed by atoms with van der Waals surface area (Å²) in [6, 6.07) is 8.24. The molecule has 1 aliphatic rings. The van der Waals surface area contributed by atoms with Gasteiger partial charge in [0.1, 0.15) is 0 Å². The first kappa shape index (κ1) is 33.3. The predicted molar refractivity (Wildman–Crippen MR) is 155 cm³/mol. The second kappa shape index (κ2) is 13.2. The summed E-state index contributed by atoms with van der Waals surface area (Å²) in [7, 11) is 0. The van der Waals surface area contributed by atoms with E-state index in [1.807, 2.05) is 24.3 Å². The lowest BCUT2D eigenvalue weighted by Gasteiger charge is -2.51.